The molecule has 170 valence electrons. The standard InChI is InChI=1S/C20H23F3N2O5S/c1-19(2,3)12-9-14(17(30-4)15(10-12)25-31(5,28)29)24-18(27)11-6-7-13(16(26)8-11)20(21,22)23/h6-10,25-26H,1-5H3,(H,24,27). The largest absolute Gasteiger partial charge is 0.507 e. The number of phenolic OH excluding ortho intramolecular Hbond substituents is 1. The molecule has 11 heteroatoms. The fourth-order valence-corrected chi connectivity index (χ4v) is 3.31. The van der Waals surface area contributed by atoms with Crippen molar-refractivity contribution in [3.8, 4) is 11.5 Å². The molecule has 0 radical (unpaired) electrons. The normalized spacial score (nSPS) is 12.4. The minimum Gasteiger partial charge on any atom is -0.507 e. The minimum atomic E-state index is -4.77. The predicted octanol–water partition coefficient (Wildman–Crippen LogP) is 4.34. The van der Waals surface area contributed by atoms with E-state index in [9.17, 15) is 31.5 Å². The van der Waals surface area contributed by atoms with Crippen molar-refractivity contribution in [1.29, 1.82) is 0 Å². The number of rotatable bonds is 5. The molecule has 0 aliphatic rings. The second-order valence-corrected chi connectivity index (χ2v) is 9.66. The number of halogens is 3. The number of amides is 1. The highest BCUT2D eigenvalue weighted by atomic mass is 32.2. The monoisotopic (exact) mass is 460 g/mol. The Morgan fingerprint density at radius 2 is 1.65 bits per heavy atom. The number of sulfonamides is 1. The van der Waals surface area contributed by atoms with Gasteiger partial charge in [-0.2, -0.15) is 13.2 Å². The van der Waals surface area contributed by atoms with Crippen LogP contribution < -0.4 is 14.8 Å². The lowest BCUT2D eigenvalue weighted by Crippen LogP contribution is -2.18. The molecule has 0 fully saturated rings. The Hall–Kier alpha value is -2.95. The van der Waals surface area contributed by atoms with E-state index in [-0.39, 0.29) is 22.7 Å². The number of aromatic hydroxyl groups is 1. The first kappa shape index (κ1) is 24.3. The average molecular weight is 460 g/mol. The summed E-state index contributed by atoms with van der Waals surface area (Å²) in [6.45, 7) is 5.62. The van der Waals surface area contributed by atoms with Crippen molar-refractivity contribution >= 4 is 27.3 Å². The number of anilines is 2. The van der Waals surface area contributed by atoms with Gasteiger partial charge in [-0.15, -0.1) is 0 Å². The quantitative estimate of drug-likeness (QED) is 0.616. The van der Waals surface area contributed by atoms with Gasteiger partial charge in [0, 0.05) is 5.56 Å². The summed E-state index contributed by atoms with van der Waals surface area (Å²) in [5, 5.41) is 12.2. The van der Waals surface area contributed by atoms with Crippen LogP contribution in [0, 0.1) is 0 Å². The summed E-state index contributed by atoms with van der Waals surface area (Å²) in [5.74, 6) is -1.89. The van der Waals surface area contributed by atoms with Gasteiger partial charge in [0.15, 0.2) is 5.75 Å². The molecule has 0 bridgehead atoms. The Labute approximate surface area is 178 Å². The third kappa shape index (κ3) is 6.03. The van der Waals surface area contributed by atoms with Crippen LogP contribution in [0.15, 0.2) is 30.3 Å². The third-order valence-electron chi connectivity index (χ3n) is 4.27. The molecule has 0 saturated heterocycles. The first-order chi connectivity index (χ1) is 14.0. The van der Waals surface area contributed by atoms with Crippen LogP contribution in [0.4, 0.5) is 24.5 Å². The van der Waals surface area contributed by atoms with E-state index >= 15 is 0 Å². The van der Waals surface area contributed by atoms with Gasteiger partial charge >= 0.3 is 6.18 Å². The molecule has 2 aromatic carbocycles. The number of hydrogen-bond acceptors (Lipinski definition) is 5. The van der Waals surface area contributed by atoms with Crippen LogP contribution in [0.5, 0.6) is 11.5 Å². The van der Waals surface area contributed by atoms with Crippen LogP contribution in [0.25, 0.3) is 0 Å². The highest BCUT2D eigenvalue weighted by Crippen LogP contribution is 2.40. The molecule has 2 rings (SSSR count). The lowest BCUT2D eigenvalue weighted by Gasteiger charge is -2.24. The van der Waals surface area contributed by atoms with Gasteiger partial charge in [-0.25, -0.2) is 8.42 Å². The Morgan fingerprint density at radius 3 is 2.10 bits per heavy atom. The van der Waals surface area contributed by atoms with E-state index in [4.69, 9.17) is 4.74 Å². The van der Waals surface area contributed by atoms with Crippen molar-refractivity contribution in [3.63, 3.8) is 0 Å². The maximum absolute atomic E-state index is 12.8. The molecule has 0 spiro atoms. The summed E-state index contributed by atoms with van der Waals surface area (Å²) >= 11 is 0. The van der Waals surface area contributed by atoms with Crippen LogP contribution in [0.2, 0.25) is 0 Å². The predicted molar refractivity (Wildman–Crippen MR) is 111 cm³/mol. The SMILES string of the molecule is COc1c(NC(=O)c2ccc(C(F)(F)F)c(O)c2)cc(C(C)(C)C)cc1NS(C)(=O)=O. The van der Waals surface area contributed by atoms with E-state index in [2.05, 4.69) is 10.0 Å². The van der Waals surface area contributed by atoms with Gasteiger partial charge in [-0.1, -0.05) is 20.8 Å². The zero-order chi connectivity index (χ0) is 23.8. The molecule has 0 unspecified atom stereocenters. The Balaban J connectivity index is 2.53. The van der Waals surface area contributed by atoms with Crippen molar-refractivity contribution in [2.24, 2.45) is 0 Å². The van der Waals surface area contributed by atoms with Crippen LogP contribution in [0.1, 0.15) is 42.3 Å². The number of carbonyl (C=O) groups is 1. The van der Waals surface area contributed by atoms with Crippen molar-refractivity contribution < 1.29 is 36.2 Å². The Kier molecular flexibility index (Phi) is 6.51. The van der Waals surface area contributed by atoms with Crippen molar-refractivity contribution in [1.82, 2.24) is 0 Å². The van der Waals surface area contributed by atoms with Gasteiger partial charge in [0.1, 0.15) is 5.75 Å². The maximum atomic E-state index is 12.8. The molecule has 0 saturated carbocycles. The Bertz CT molecular complexity index is 1110. The van der Waals surface area contributed by atoms with Gasteiger partial charge in [0.2, 0.25) is 10.0 Å². The number of hydrogen-bond donors (Lipinski definition) is 3. The van der Waals surface area contributed by atoms with Crippen molar-refractivity contribution in [2.45, 2.75) is 32.4 Å². The van der Waals surface area contributed by atoms with E-state index in [1.807, 2.05) is 20.8 Å². The molecule has 0 heterocycles. The van der Waals surface area contributed by atoms with Gasteiger partial charge in [-0.3, -0.25) is 9.52 Å². The first-order valence-electron chi connectivity index (χ1n) is 8.95. The van der Waals surface area contributed by atoms with Crippen LogP contribution in [-0.4, -0.2) is 32.8 Å². The highest BCUT2D eigenvalue weighted by Gasteiger charge is 2.34. The number of phenols is 1. The van der Waals surface area contributed by atoms with Gasteiger partial charge in [-0.05, 0) is 41.3 Å². The Morgan fingerprint density at radius 1 is 1.06 bits per heavy atom. The van der Waals surface area contributed by atoms with E-state index in [0.29, 0.717) is 17.7 Å². The number of benzene rings is 2. The van der Waals surface area contributed by atoms with E-state index in [1.165, 1.54) is 7.11 Å². The average Bonchev–Trinajstić information content (AvgIpc) is 2.58. The zero-order valence-electron chi connectivity index (χ0n) is 17.5. The highest BCUT2D eigenvalue weighted by molar-refractivity contribution is 7.92. The molecular formula is C20H23F3N2O5S. The number of carbonyl (C=O) groups excluding carboxylic acids is 1. The molecule has 1 amide bonds. The molecular weight excluding hydrogens is 437 g/mol. The van der Waals surface area contributed by atoms with E-state index < -0.39 is 38.8 Å². The smallest absolute Gasteiger partial charge is 0.419 e. The number of ether oxygens (including phenoxy) is 1. The van der Waals surface area contributed by atoms with Crippen molar-refractivity contribution in [3.05, 3.63) is 47.0 Å². The molecule has 0 atom stereocenters. The first-order valence-corrected chi connectivity index (χ1v) is 10.8. The van der Waals surface area contributed by atoms with Gasteiger partial charge < -0.3 is 15.2 Å². The molecule has 7 nitrogen and oxygen atoms in total. The third-order valence-corrected chi connectivity index (χ3v) is 4.86. The van der Waals surface area contributed by atoms with Gasteiger partial charge in [0.25, 0.3) is 5.91 Å². The number of methoxy groups -OCH3 is 1. The number of alkyl halides is 3. The summed E-state index contributed by atoms with van der Waals surface area (Å²) in [4.78, 5) is 12.7. The topological polar surface area (TPSA) is 105 Å². The van der Waals surface area contributed by atoms with Crippen LogP contribution in [-0.2, 0) is 21.6 Å². The molecule has 31 heavy (non-hydrogen) atoms. The van der Waals surface area contributed by atoms with Crippen molar-refractivity contribution in [2.75, 3.05) is 23.4 Å². The minimum absolute atomic E-state index is 0.0166. The fraction of sp³-hybridized carbons (Fsp3) is 0.350. The molecule has 2 aromatic rings. The van der Waals surface area contributed by atoms with E-state index in [0.717, 1.165) is 12.3 Å². The summed E-state index contributed by atoms with van der Waals surface area (Å²) in [7, 11) is -2.40. The molecule has 3 N–H and O–H groups in total. The maximum Gasteiger partial charge on any atom is 0.419 e. The second-order valence-electron chi connectivity index (χ2n) is 7.91. The summed E-state index contributed by atoms with van der Waals surface area (Å²) in [6, 6.07) is 5.37. The van der Waals surface area contributed by atoms with Crippen LogP contribution in [0.3, 0.4) is 0 Å². The lowest BCUT2D eigenvalue weighted by atomic mass is 9.86. The van der Waals surface area contributed by atoms with Gasteiger partial charge in [0.05, 0.1) is 30.3 Å². The molecule has 0 aliphatic carbocycles. The number of nitrogens with one attached hydrogen (secondary N) is 2. The van der Waals surface area contributed by atoms with E-state index in [1.54, 1.807) is 12.1 Å². The van der Waals surface area contributed by atoms with Crippen LogP contribution >= 0.6 is 0 Å². The zero-order valence-corrected chi connectivity index (χ0v) is 18.3. The second kappa shape index (κ2) is 8.29. The molecule has 0 aromatic heterocycles. The fourth-order valence-electron chi connectivity index (χ4n) is 2.76. The summed E-state index contributed by atoms with van der Waals surface area (Å²) in [5.41, 5.74) is -1.09. The summed E-state index contributed by atoms with van der Waals surface area (Å²) in [6.07, 6.45) is -3.81. The summed E-state index contributed by atoms with van der Waals surface area (Å²) < 4.78 is 69.6. The lowest BCUT2D eigenvalue weighted by molar-refractivity contribution is -0.138. The molecule has 0 aliphatic heterocycles.